The van der Waals surface area contributed by atoms with Gasteiger partial charge in [0.25, 0.3) is 0 Å². The SMILES string of the molecule is CN1CCN(c2nc3ccc(Br)cc3cc2-c2ccccc2)CC1. The van der Waals surface area contributed by atoms with Crippen LogP contribution >= 0.6 is 15.9 Å². The first-order chi connectivity index (χ1) is 11.7. The summed E-state index contributed by atoms with van der Waals surface area (Å²) in [6, 6.07) is 19.1. The Bertz CT molecular complexity index is 855. The monoisotopic (exact) mass is 381 g/mol. The van der Waals surface area contributed by atoms with Gasteiger partial charge in [0.1, 0.15) is 5.82 Å². The molecule has 4 heteroatoms. The van der Waals surface area contributed by atoms with Crippen molar-refractivity contribution in [3.8, 4) is 11.1 Å². The van der Waals surface area contributed by atoms with E-state index in [2.05, 4.69) is 87.4 Å². The van der Waals surface area contributed by atoms with Crippen LogP contribution in [0.25, 0.3) is 22.0 Å². The van der Waals surface area contributed by atoms with E-state index in [0.29, 0.717) is 0 Å². The Kier molecular flexibility index (Phi) is 4.25. The lowest BCUT2D eigenvalue weighted by atomic mass is 10.0. The number of anilines is 1. The van der Waals surface area contributed by atoms with Crippen molar-refractivity contribution in [2.24, 2.45) is 0 Å². The zero-order chi connectivity index (χ0) is 16.5. The molecule has 1 fully saturated rings. The number of piperazine rings is 1. The Labute approximate surface area is 151 Å². The first-order valence-corrected chi connectivity index (χ1v) is 9.09. The van der Waals surface area contributed by atoms with E-state index in [4.69, 9.17) is 4.98 Å². The molecule has 0 amide bonds. The number of benzene rings is 2. The Hall–Kier alpha value is -1.91. The molecule has 122 valence electrons. The first kappa shape index (κ1) is 15.6. The molecule has 0 radical (unpaired) electrons. The number of likely N-dealkylation sites (N-methyl/N-ethyl adjacent to an activating group) is 1. The molecule has 2 heterocycles. The van der Waals surface area contributed by atoms with Crippen LogP contribution in [0.15, 0.2) is 59.1 Å². The van der Waals surface area contributed by atoms with Crippen molar-refractivity contribution in [2.45, 2.75) is 0 Å². The summed E-state index contributed by atoms with van der Waals surface area (Å²) in [7, 11) is 2.18. The molecule has 2 aromatic carbocycles. The molecule has 1 saturated heterocycles. The highest BCUT2D eigenvalue weighted by molar-refractivity contribution is 9.10. The van der Waals surface area contributed by atoms with Gasteiger partial charge in [-0.1, -0.05) is 46.3 Å². The van der Waals surface area contributed by atoms with E-state index in [1.807, 2.05) is 0 Å². The molecule has 0 spiro atoms. The highest BCUT2D eigenvalue weighted by atomic mass is 79.9. The molecule has 0 aliphatic carbocycles. The molecule has 0 atom stereocenters. The summed E-state index contributed by atoms with van der Waals surface area (Å²) in [6.45, 7) is 4.19. The van der Waals surface area contributed by atoms with E-state index in [9.17, 15) is 0 Å². The molecule has 0 unspecified atom stereocenters. The van der Waals surface area contributed by atoms with Crippen LogP contribution < -0.4 is 4.90 Å². The maximum atomic E-state index is 5.03. The summed E-state index contributed by atoms with van der Waals surface area (Å²) in [5.41, 5.74) is 3.48. The molecular weight excluding hydrogens is 362 g/mol. The number of hydrogen-bond donors (Lipinski definition) is 0. The largest absolute Gasteiger partial charge is 0.354 e. The Balaban J connectivity index is 1.87. The fourth-order valence-electron chi connectivity index (χ4n) is 3.23. The number of fused-ring (bicyclic) bond motifs is 1. The average Bonchev–Trinajstić information content (AvgIpc) is 2.62. The van der Waals surface area contributed by atoms with Crippen molar-refractivity contribution in [1.82, 2.24) is 9.88 Å². The van der Waals surface area contributed by atoms with E-state index in [1.54, 1.807) is 0 Å². The second kappa shape index (κ2) is 6.54. The average molecular weight is 382 g/mol. The standard InChI is InChI=1S/C20H20BrN3/c1-23-9-11-24(12-10-23)20-18(15-5-3-2-4-6-15)14-16-13-17(21)7-8-19(16)22-20/h2-8,13-14H,9-12H2,1H3. The molecule has 4 rings (SSSR count). The van der Waals surface area contributed by atoms with Crippen LogP contribution in [0.4, 0.5) is 5.82 Å². The van der Waals surface area contributed by atoms with Gasteiger partial charge in [0.15, 0.2) is 0 Å². The third-order valence-corrected chi connectivity index (χ3v) is 5.14. The zero-order valence-electron chi connectivity index (χ0n) is 13.7. The lowest BCUT2D eigenvalue weighted by Crippen LogP contribution is -2.45. The minimum atomic E-state index is 1.02. The van der Waals surface area contributed by atoms with E-state index < -0.39 is 0 Å². The van der Waals surface area contributed by atoms with E-state index in [0.717, 1.165) is 42.0 Å². The molecule has 0 saturated carbocycles. The van der Waals surface area contributed by atoms with Gasteiger partial charge in [0.2, 0.25) is 0 Å². The fraction of sp³-hybridized carbons (Fsp3) is 0.250. The number of aromatic nitrogens is 1. The predicted molar refractivity (Wildman–Crippen MR) is 105 cm³/mol. The number of pyridine rings is 1. The van der Waals surface area contributed by atoms with Gasteiger partial charge in [-0.3, -0.25) is 0 Å². The van der Waals surface area contributed by atoms with Crippen LogP contribution in [0.3, 0.4) is 0 Å². The summed E-state index contributed by atoms with van der Waals surface area (Å²) >= 11 is 3.57. The second-order valence-corrected chi connectivity index (χ2v) is 7.27. The quantitative estimate of drug-likeness (QED) is 0.654. The smallest absolute Gasteiger partial charge is 0.137 e. The summed E-state index contributed by atoms with van der Waals surface area (Å²) in [6.07, 6.45) is 0. The zero-order valence-corrected chi connectivity index (χ0v) is 15.3. The van der Waals surface area contributed by atoms with Crippen LogP contribution in [-0.4, -0.2) is 43.1 Å². The van der Waals surface area contributed by atoms with Crippen molar-refractivity contribution >= 4 is 32.7 Å². The molecule has 1 aromatic heterocycles. The van der Waals surface area contributed by atoms with Crippen molar-refractivity contribution in [2.75, 3.05) is 38.1 Å². The van der Waals surface area contributed by atoms with Gasteiger partial charge in [0.05, 0.1) is 5.52 Å². The van der Waals surface area contributed by atoms with Gasteiger partial charge in [-0.2, -0.15) is 0 Å². The van der Waals surface area contributed by atoms with Gasteiger partial charge in [-0.05, 0) is 36.9 Å². The van der Waals surface area contributed by atoms with Gasteiger partial charge in [-0.25, -0.2) is 4.98 Å². The van der Waals surface area contributed by atoms with Crippen LogP contribution in [-0.2, 0) is 0 Å². The molecule has 3 aromatic rings. The molecule has 0 N–H and O–H groups in total. The Morgan fingerprint density at radius 3 is 2.42 bits per heavy atom. The highest BCUT2D eigenvalue weighted by Crippen LogP contribution is 2.33. The highest BCUT2D eigenvalue weighted by Gasteiger charge is 2.19. The summed E-state index contributed by atoms with van der Waals surface area (Å²) < 4.78 is 1.09. The van der Waals surface area contributed by atoms with Crippen LogP contribution in [0, 0.1) is 0 Å². The van der Waals surface area contributed by atoms with E-state index >= 15 is 0 Å². The number of halogens is 1. The van der Waals surface area contributed by atoms with E-state index in [1.165, 1.54) is 16.5 Å². The second-order valence-electron chi connectivity index (χ2n) is 6.35. The minimum absolute atomic E-state index is 1.02. The maximum Gasteiger partial charge on any atom is 0.137 e. The predicted octanol–water partition coefficient (Wildman–Crippen LogP) is 4.42. The van der Waals surface area contributed by atoms with Gasteiger partial charge in [0, 0.05) is 41.6 Å². The van der Waals surface area contributed by atoms with Crippen molar-refractivity contribution in [3.63, 3.8) is 0 Å². The third kappa shape index (κ3) is 3.04. The first-order valence-electron chi connectivity index (χ1n) is 8.30. The Morgan fingerprint density at radius 1 is 0.917 bits per heavy atom. The van der Waals surface area contributed by atoms with Crippen molar-refractivity contribution in [1.29, 1.82) is 0 Å². The van der Waals surface area contributed by atoms with Crippen LogP contribution in [0.2, 0.25) is 0 Å². The van der Waals surface area contributed by atoms with Crippen molar-refractivity contribution in [3.05, 3.63) is 59.1 Å². The van der Waals surface area contributed by atoms with Crippen molar-refractivity contribution < 1.29 is 0 Å². The summed E-state index contributed by atoms with van der Waals surface area (Å²) in [4.78, 5) is 9.82. The number of rotatable bonds is 2. The molecule has 0 bridgehead atoms. The van der Waals surface area contributed by atoms with Gasteiger partial charge in [-0.15, -0.1) is 0 Å². The molecule has 1 aliphatic heterocycles. The topological polar surface area (TPSA) is 19.4 Å². The number of hydrogen-bond acceptors (Lipinski definition) is 3. The minimum Gasteiger partial charge on any atom is -0.354 e. The molecule has 24 heavy (non-hydrogen) atoms. The Morgan fingerprint density at radius 2 is 1.67 bits per heavy atom. The van der Waals surface area contributed by atoms with Crippen LogP contribution in [0.5, 0.6) is 0 Å². The van der Waals surface area contributed by atoms with Gasteiger partial charge < -0.3 is 9.80 Å². The molecule has 1 aliphatic rings. The summed E-state index contributed by atoms with van der Waals surface area (Å²) in [5, 5.41) is 1.17. The van der Waals surface area contributed by atoms with E-state index in [-0.39, 0.29) is 0 Å². The lowest BCUT2D eigenvalue weighted by molar-refractivity contribution is 0.312. The maximum absolute atomic E-state index is 5.03. The number of nitrogens with zero attached hydrogens (tertiary/aromatic N) is 3. The normalized spacial score (nSPS) is 15.8. The lowest BCUT2D eigenvalue weighted by Gasteiger charge is -2.34. The molecule has 3 nitrogen and oxygen atoms in total. The fourth-order valence-corrected chi connectivity index (χ4v) is 3.61. The van der Waals surface area contributed by atoms with Crippen LogP contribution in [0.1, 0.15) is 0 Å². The summed E-state index contributed by atoms with van der Waals surface area (Å²) in [5.74, 6) is 1.10. The third-order valence-electron chi connectivity index (χ3n) is 4.64. The molecular formula is C20H20BrN3. The van der Waals surface area contributed by atoms with Gasteiger partial charge >= 0.3 is 0 Å².